The highest BCUT2D eigenvalue weighted by atomic mass is 79.9. The second kappa shape index (κ2) is 9.04. The van der Waals surface area contributed by atoms with Gasteiger partial charge in [0.2, 0.25) is 0 Å². The van der Waals surface area contributed by atoms with Gasteiger partial charge in [-0.1, -0.05) is 97.4 Å². The maximum absolute atomic E-state index is 3.73. The van der Waals surface area contributed by atoms with Gasteiger partial charge in [0.25, 0.3) is 0 Å². The summed E-state index contributed by atoms with van der Waals surface area (Å²) in [6, 6.07) is 17.4. The molecule has 1 heteroatoms. The van der Waals surface area contributed by atoms with E-state index in [0.717, 1.165) is 0 Å². The quantitative estimate of drug-likeness (QED) is 0.451. The predicted molar refractivity (Wildman–Crippen MR) is 96.7 cm³/mol. The zero-order valence-corrected chi connectivity index (χ0v) is 14.5. The van der Waals surface area contributed by atoms with E-state index in [9.17, 15) is 0 Å². The molecule has 0 N–H and O–H groups in total. The highest BCUT2D eigenvalue weighted by Crippen LogP contribution is 2.29. The first-order valence-corrected chi connectivity index (χ1v) is 8.94. The van der Waals surface area contributed by atoms with Gasteiger partial charge in [0, 0.05) is 4.47 Å². The van der Waals surface area contributed by atoms with Crippen LogP contribution in [0, 0.1) is 0 Å². The monoisotopic (exact) mass is 344 g/mol. The third-order valence-electron chi connectivity index (χ3n) is 3.94. The minimum Gasteiger partial charge on any atom is -0.0654 e. The van der Waals surface area contributed by atoms with Crippen molar-refractivity contribution in [1.82, 2.24) is 0 Å². The SMILES string of the molecule is CCCCCCCCc1ccc(-c2ccccc2)c(Br)c1. The summed E-state index contributed by atoms with van der Waals surface area (Å²) in [4.78, 5) is 0. The van der Waals surface area contributed by atoms with E-state index in [2.05, 4.69) is 71.4 Å². The van der Waals surface area contributed by atoms with Crippen molar-refractivity contribution in [3.63, 3.8) is 0 Å². The largest absolute Gasteiger partial charge is 0.0654 e. The van der Waals surface area contributed by atoms with Crippen LogP contribution >= 0.6 is 15.9 Å². The number of rotatable bonds is 8. The van der Waals surface area contributed by atoms with Crippen molar-refractivity contribution in [2.24, 2.45) is 0 Å². The molecule has 0 heterocycles. The van der Waals surface area contributed by atoms with Gasteiger partial charge in [0.15, 0.2) is 0 Å². The van der Waals surface area contributed by atoms with Crippen molar-refractivity contribution >= 4 is 15.9 Å². The van der Waals surface area contributed by atoms with Crippen LogP contribution in [-0.4, -0.2) is 0 Å². The lowest BCUT2D eigenvalue weighted by atomic mass is 10.0. The second-order valence-corrected chi connectivity index (χ2v) is 6.55. The van der Waals surface area contributed by atoms with Crippen LogP contribution in [0.5, 0.6) is 0 Å². The Hall–Kier alpha value is -1.08. The van der Waals surface area contributed by atoms with Crippen LogP contribution in [0.2, 0.25) is 0 Å². The lowest BCUT2D eigenvalue weighted by molar-refractivity contribution is 0.607. The molecule has 0 radical (unpaired) electrons. The fraction of sp³-hybridized carbons (Fsp3) is 0.400. The molecule has 0 saturated carbocycles. The molecule has 0 saturated heterocycles. The number of hydrogen-bond acceptors (Lipinski definition) is 0. The molecule has 0 bridgehead atoms. The van der Waals surface area contributed by atoms with E-state index < -0.39 is 0 Å². The third-order valence-corrected chi connectivity index (χ3v) is 4.59. The van der Waals surface area contributed by atoms with Crippen molar-refractivity contribution < 1.29 is 0 Å². The average Bonchev–Trinajstić information content (AvgIpc) is 2.52. The lowest BCUT2D eigenvalue weighted by Gasteiger charge is -2.08. The van der Waals surface area contributed by atoms with E-state index in [0.29, 0.717) is 0 Å². The number of unbranched alkanes of at least 4 members (excludes halogenated alkanes) is 5. The highest BCUT2D eigenvalue weighted by molar-refractivity contribution is 9.10. The molecule has 0 nitrogen and oxygen atoms in total. The lowest BCUT2D eigenvalue weighted by Crippen LogP contribution is -1.88. The molecule has 0 aliphatic carbocycles. The molecule has 2 rings (SSSR count). The van der Waals surface area contributed by atoms with E-state index in [1.54, 1.807) is 0 Å². The number of benzene rings is 2. The number of halogens is 1. The summed E-state index contributed by atoms with van der Waals surface area (Å²) in [5, 5.41) is 0. The first-order valence-electron chi connectivity index (χ1n) is 8.15. The van der Waals surface area contributed by atoms with E-state index >= 15 is 0 Å². The van der Waals surface area contributed by atoms with Crippen LogP contribution in [0.15, 0.2) is 53.0 Å². The maximum Gasteiger partial charge on any atom is 0.0256 e. The fourth-order valence-electron chi connectivity index (χ4n) is 2.68. The van der Waals surface area contributed by atoms with Gasteiger partial charge in [-0.2, -0.15) is 0 Å². The van der Waals surface area contributed by atoms with Crippen LogP contribution in [0.1, 0.15) is 51.0 Å². The molecule has 0 amide bonds. The number of hydrogen-bond donors (Lipinski definition) is 0. The van der Waals surface area contributed by atoms with Crippen LogP contribution in [0.3, 0.4) is 0 Å². The third kappa shape index (κ3) is 5.32. The normalized spacial score (nSPS) is 10.8. The molecule has 112 valence electrons. The fourth-order valence-corrected chi connectivity index (χ4v) is 3.33. The summed E-state index contributed by atoms with van der Waals surface area (Å²) in [6.07, 6.45) is 9.36. The Morgan fingerprint density at radius 2 is 1.52 bits per heavy atom. The highest BCUT2D eigenvalue weighted by Gasteiger charge is 2.04. The zero-order chi connectivity index (χ0) is 14.9. The van der Waals surface area contributed by atoms with E-state index in [1.165, 1.54) is 66.1 Å². The van der Waals surface area contributed by atoms with Crippen molar-refractivity contribution in [3.05, 3.63) is 58.6 Å². The minimum atomic E-state index is 1.19. The van der Waals surface area contributed by atoms with Crippen LogP contribution in [0.4, 0.5) is 0 Å². The molecule has 0 unspecified atom stereocenters. The Morgan fingerprint density at radius 1 is 0.810 bits per heavy atom. The zero-order valence-electron chi connectivity index (χ0n) is 12.9. The average molecular weight is 345 g/mol. The molecule has 0 aromatic heterocycles. The molecule has 0 spiro atoms. The Bertz CT molecular complexity index is 531. The summed E-state index contributed by atoms with van der Waals surface area (Å²) in [6.45, 7) is 2.27. The number of aryl methyl sites for hydroxylation is 1. The summed E-state index contributed by atoms with van der Waals surface area (Å²) in [7, 11) is 0. The Kier molecular flexibility index (Phi) is 7.02. The first kappa shape index (κ1) is 16.3. The van der Waals surface area contributed by atoms with Gasteiger partial charge in [-0.25, -0.2) is 0 Å². The van der Waals surface area contributed by atoms with E-state index in [4.69, 9.17) is 0 Å². The molecule has 21 heavy (non-hydrogen) atoms. The van der Waals surface area contributed by atoms with Gasteiger partial charge in [-0.3, -0.25) is 0 Å². The molecule has 2 aromatic rings. The van der Waals surface area contributed by atoms with Crippen LogP contribution in [-0.2, 0) is 6.42 Å². The standard InChI is InChI=1S/C20H25Br/c1-2-3-4-5-6-8-11-17-14-15-19(20(21)16-17)18-12-9-7-10-13-18/h7,9-10,12-16H,2-6,8,11H2,1H3. The Labute approximate surface area is 137 Å². The summed E-state index contributed by atoms with van der Waals surface area (Å²) < 4.78 is 1.21. The molecule has 0 aliphatic heterocycles. The summed E-state index contributed by atoms with van der Waals surface area (Å²) >= 11 is 3.73. The van der Waals surface area contributed by atoms with E-state index in [1.807, 2.05) is 0 Å². The van der Waals surface area contributed by atoms with Gasteiger partial charge in [0.05, 0.1) is 0 Å². The first-order chi connectivity index (χ1) is 10.3. The molecular formula is C20H25Br. The topological polar surface area (TPSA) is 0 Å². The van der Waals surface area contributed by atoms with Gasteiger partial charge in [0.1, 0.15) is 0 Å². The van der Waals surface area contributed by atoms with Crippen molar-refractivity contribution in [1.29, 1.82) is 0 Å². The minimum absolute atomic E-state index is 1.19. The van der Waals surface area contributed by atoms with Gasteiger partial charge >= 0.3 is 0 Å². The van der Waals surface area contributed by atoms with Crippen LogP contribution < -0.4 is 0 Å². The predicted octanol–water partition coefficient (Wildman–Crippen LogP) is 7.02. The molecule has 0 aliphatic rings. The molecule has 0 fully saturated rings. The van der Waals surface area contributed by atoms with Gasteiger partial charge in [-0.05, 0) is 35.6 Å². The summed E-state index contributed by atoms with van der Waals surface area (Å²) in [5.74, 6) is 0. The van der Waals surface area contributed by atoms with E-state index in [-0.39, 0.29) is 0 Å². The van der Waals surface area contributed by atoms with Gasteiger partial charge < -0.3 is 0 Å². The maximum atomic E-state index is 3.73. The van der Waals surface area contributed by atoms with Crippen molar-refractivity contribution in [3.8, 4) is 11.1 Å². The molecule has 2 aromatic carbocycles. The molecular weight excluding hydrogens is 320 g/mol. The Morgan fingerprint density at radius 3 is 2.24 bits per heavy atom. The smallest absolute Gasteiger partial charge is 0.0256 e. The van der Waals surface area contributed by atoms with Gasteiger partial charge in [-0.15, -0.1) is 0 Å². The summed E-state index contributed by atoms with van der Waals surface area (Å²) in [5.41, 5.74) is 4.00. The van der Waals surface area contributed by atoms with Crippen LogP contribution in [0.25, 0.3) is 11.1 Å². The Balaban J connectivity index is 1.88. The van der Waals surface area contributed by atoms with Crippen molar-refractivity contribution in [2.45, 2.75) is 51.9 Å². The molecule has 0 atom stereocenters. The van der Waals surface area contributed by atoms with Crippen molar-refractivity contribution in [2.75, 3.05) is 0 Å². The second-order valence-electron chi connectivity index (χ2n) is 5.70.